The molecule has 0 saturated heterocycles. The predicted molar refractivity (Wildman–Crippen MR) is 63.5 cm³/mol. The molecule has 4 nitrogen and oxygen atoms in total. The third-order valence-corrected chi connectivity index (χ3v) is 3.70. The predicted octanol–water partition coefficient (Wildman–Crippen LogP) is 1.81. The number of aryl methyl sites for hydroxylation is 1. The molecule has 1 aliphatic rings. The highest BCUT2D eigenvalue weighted by atomic mass is 32.1. The van der Waals surface area contributed by atoms with Crippen LogP contribution in [-0.2, 0) is 22.5 Å². The average molecular weight is 238 g/mol. The van der Waals surface area contributed by atoms with E-state index in [4.69, 9.17) is 5.73 Å². The first-order valence-corrected chi connectivity index (χ1v) is 6.17. The molecule has 2 rings (SSSR count). The van der Waals surface area contributed by atoms with Crippen molar-refractivity contribution in [2.75, 3.05) is 0 Å². The van der Waals surface area contributed by atoms with Gasteiger partial charge < -0.3 is 10.6 Å². The molecule has 1 heterocycles. The number of fused-ring (bicyclic) bond motifs is 1. The molecule has 0 amide bonds. The van der Waals surface area contributed by atoms with Crippen molar-refractivity contribution in [2.45, 2.75) is 32.6 Å². The fourth-order valence-corrected chi connectivity index (χ4v) is 3.01. The standard InChI is InChI=1S/C11H14N2O2S/c1-7(14)15-13-11(12)9-6-16-10-5-3-2-4-8(9)10/h6H,2-5H2,1H3,(H2,12,13). The molecule has 2 N–H and O–H groups in total. The van der Waals surface area contributed by atoms with Crippen molar-refractivity contribution in [1.82, 2.24) is 0 Å². The molecule has 0 bridgehead atoms. The molecule has 0 aromatic carbocycles. The quantitative estimate of drug-likeness (QED) is 0.370. The largest absolute Gasteiger partial charge is 0.380 e. The second-order valence-corrected chi connectivity index (χ2v) is 4.78. The van der Waals surface area contributed by atoms with E-state index < -0.39 is 5.97 Å². The number of nitrogens with zero attached hydrogens (tertiary/aromatic N) is 1. The number of thiophene rings is 1. The number of rotatable bonds is 2. The first-order valence-electron chi connectivity index (χ1n) is 5.29. The van der Waals surface area contributed by atoms with Crippen LogP contribution in [0.4, 0.5) is 0 Å². The highest BCUT2D eigenvalue weighted by Gasteiger charge is 2.17. The minimum atomic E-state index is -0.452. The van der Waals surface area contributed by atoms with Gasteiger partial charge in [0, 0.05) is 22.7 Å². The zero-order valence-electron chi connectivity index (χ0n) is 9.16. The lowest BCUT2D eigenvalue weighted by Crippen LogP contribution is -2.16. The number of hydrogen-bond acceptors (Lipinski definition) is 4. The van der Waals surface area contributed by atoms with Gasteiger partial charge >= 0.3 is 5.97 Å². The second kappa shape index (κ2) is 4.65. The Morgan fingerprint density at radius 1 is 1.50 bits per heavy atom. The van der Waals surface area contributed by atoms with Gasteiger partial charge in [-0.2, -0.15) is 0 Å². The van der Waals surface area contributed by atoms with Gasteiger partial charge in [-0.15, -0.1) is 11.3 Å². The van der Waals surface area contributed by atoms with Gasteiger partial charge in [0.15, 0.2) is 5.84 Å². The summed E-state index contributed by atoms with van der Waals surface area (Å²) in [5.41, 5.74) is 8.00. The van der Waals surface area contributed by atoms with Crippen LogP contribution in [0.3, 0.4) is 0 Å². The number of nitrogens with two attached hydrogens (primary N) is 1. The van der Waals surface area contributed by atoms with E-state index in [0.717, 1.165) is 18.4 Å². The van der Waals surface area contributed by atoms with E-state index in [9.17, 15) is 4.79 Å². The number of oxime groups is 1. The molecule has 0 aliphatic heterocycles. The Morgan fingerprint density at radius 2 is 2.25 bits per heavy atom. The summed E-state index contributed by atoms with van der Waals surface area (Å²) >= 11 is 1.71. The Hall–Kier alpha value is -1.36. The maximum Gasteiger partial charge on any atom is 0.332 e. The van der Waals surface area contributed by atoms with E-state index >= 15 is 0 Å². The summed E-state index contributed by atoms with van der Waals surface area (Å²) in [5.74, 6) is -0.151. The smallest absolute Gasteiger partial charge is 0.332 e. The lowest BCUT2D eigenvalue weighted by atomic mass is 9.96. The SMILES string of the molecule is CC(=O)O/N=C(/N)c1csc2c1CCCC2. The van der Waals surface area contributed by atoms with Crippen LogP contribution in [-0.4, -0.2) is 11.8 Å². The molecule has 86 valence electrons. The fraction of sp³-hybridized carbons (Fsp3) is 0.455. The minimum absolute atomic E-state index is 0.301. The first-order chi connectivity index (χ1) is 7.68. The van der Waals surface area contributed by atoms with Crippen molar-refractivity contribution in [3.05, 3.63) is 21.4 Å². The molecule has 0 spiro atoms. The third kappa shape index (κ3) is 2.24. The van der Waals surface area contributed by atoms with Crippen LogP contribution in [0.5, 0.6) is 0 Å². The number of carbonyl (C=O) groups excluding carboxylic acids is 1. The Kier molecular flexibility index (Phi) is 3.24. The summed E-state index contributed by atoms with van der Waals surface area (Å²) < 4.78 is 0. The van der Waals surface area contributed by atoms with Crippen LogP contribution in [0.25, 0.3) is 0 Å². The van der Waals surface area contributed by atoms with Crippen LogP contribution in [0.15, 0.2) is 10.5 Å². The van der Waals surface area contributed by atoms with Crippen molar-refractivity contribution in [1.29, 1.82) is 0 Å². The molecule has 0 saturated carbocycles. The first kappa shape index (κ1) is 11.1. The van der Waals surface area contributed by atoms with E-state index in [-0.39, 0.29) is 0 Å². The second-order valence-electron chi connectivity index (χ2n) is 3.82. The summed E-state index contributed by atoms with van der Waals surface area (Å²) in [6.07, 6.45) is 4.61. The Labute approximate surface area is 98.1 Å². The summed E-state index contributed by atoms with van der Waals surface area (Å²) in [6.45, 7) is 1.31. The molecule has 1 aliphatic carbocycles. The maximum atomic E-state index is 10.6. The molecule has 0 radical (unpaired) electrons. The van der Waals surface area contributed by atoms with Gasteiger partial charge in [-0.1, -0.05) is 5.16 Å². The highest BCUT2D eigenvalue weighted by molar-refractivity contribution is 7.10. The average Bonchev–Trinajstić information content (AvgIpc) is 2.69. The van der Waals surface area contributed by atoms with Crippen LogP contribution in [0.1, 0.15) is 35.8 Å². The summed E-state index contributed by atoms with van der Waals surface area (Å²) in [5, 5.41) is 5.62. The van der Waals surface area contributed by atoms with E-state index in [1.165, 1.54) is 30.2 Å². The van der Waals surface area contributed by atoms with Gasteiger partial charge in [0.25, 0.3) is 0 Å². The normalized spacial score (nSPS) is 15.7. The van der Waals surface area contributed by atoms with Crippen LogP contribution < -0.4 is 5.73 Å². The number of hydrogen-bond donors (Lipinski definition) is 1. The Morgan fingerprint density at radius 3 is 3.00 bits per heavy atom. The fourth-order valence-electron chi connectivity index (χ4n) is 1.87. The summed E-state index contributed by atoms with van der Waals surface area (Å²) in [6, 6.07) is 0. The third-order valence-electron chi connectivity index (χ3n) is 2.61. The van der Waals surface area contributed by atoms with Crippen molar-refractivity contribution in [3.8, 4) is 0 Å². The van der Waals surface area contributed by atoms with Crippen LogP contribution in [0.2, 0.25) is 0 Å². The van der Waals surface area contributed by atoms with Gasteiger partial charge in [-0.25, -0.2) is 4.79 Å². The van der Waals surface area contributed by atoms with E-state index in [0.29, 0.717) is 5.84 Å². The minimum Gasteiger partial charge on any atom is -0.380 e. The van der Waals surface area contributed by atoms with E-state index in [1.807, 2.05) is 5.38 Å². The van der Waals surface area contributed by atoms with Crippen molar-refractivity contribution in [3.63, 3.8) is 0 Å². The molecule has 16 heavy (non-hydrogen) atoms. The molecular formula is C11H14N2O2S. The molecule has 1 aromatic heterocycles. The molecule has 0 atom stereocenters. The lowest BCUT2D eigenvalue weighted by molar-refractivity contribution is -0.140. The molecule has 5 heteroatoms. The Balaban J connectivity index is 2.23. The summed E-state index contributed by atoms with van der Waals surface area (Å²) in [4.78, 5) is 16.6. The highest BCUT2D eigenvalue weighted by Crippen LogP contribution is 2.29. The molecule has 0 unspecified atom stereocenters. The number of amidine groups is 1. The van der Waals surface area contributed by atoms with E-state index in [1.54, 1.807) is 11.3 Å². The Bertz CT molecular complexity index is 437. The maximum absolute atomic E-state index is 10.6. The molecular weight excluding hydrogens is 224 g/mol. The van der Waals surface area contributed by atoms with Crippen LogP contribution >= 0.6 is 11.3 Å². The molecule has 0 fully saturated rings. The number of carbonyl (C=O) groups is 1. The van der Waals surface area contributed by atoms with E-state index in [2.05, 4.69) is 9.99 Å². The van der Waals surface area contributed by atoms with Gasteiger partial charge in [-0.3, -0.25) is 0 Å². The lowest BCUT2D eigenvalue weighted by Gasteiger charge is -2.11. The zero-order chi connectivity index (χ0) is 11.5. The van der Waals surface area contributed by atoms with Gasteiger partial charge in [0.05, 0.1) is 0 Å². The van der Waals surface area contributed by atoms with Gasteiger partial charge in [0.1, 0.15) is 0 Å². The van der Waals surface area contributed by atoms with Gasteiger partial charge in [-0.05, 0) is 31.2 Å². The summed E-state index contributed by atoms with van der Waals surface area (Å²) in [7, 11) is 0. The van der Waals surface area contributed by atoms with Gasteiger partial charge in [0.2, 0.25) is 0 Å². The van der Waals surface area contributed by atoms with Crippen molar-refractivity contribution >= 4 is 23.1 Å². The molecule has 1 aromatic rings. The van der Waals surface area contributed by atoms with Crippen molar-refractivity contribution < 1.29 is 9.63 Å². The topological polar surface area (TPSA) is 64.7 Å². The van der Waals surface area contributed by atoms with Crippen LogP contribution in [0, 0.1) is 0 Å². The van der Waals surface area contributed by atoms with Crippen molar-refractivity contribution in [2.24, 2.45) is 10.9 Å². The zero-order valence-corrected chi connectivity index (χ0v) is 9.97. The monoisotopic (exact) mass is 238 g/mol.